The van der Waals surface area contributed by atoms with Crippen LogP contribution in [0, 0.1) is 13.8 Å². The molecule has 2 rings (SSSR count). The molecule has 1 aromatic heterocycles. The van der Waals surface area contributed by atoms with Crippen LogP contribution in [-0.4, -0.2) is 17.0 Å². The Morgan fingerprint density at radius 3 is 2.53 bits per heavy atom. The lowest BCUT2D eigenvalue weighted by Crippen LogP contribution is -2.12. The first-order valence-electron chi connectivity index (χ1n) is 5.36. The van der Waals surface area contributed by atoms with Crippen LogP contribution in [0.15, 0.2) is 35.2 Å². The second-order valence-electron chi connectivity index (χ2n) is 4.05. The van der Waals surface area contributed by atoms with Crippen LogP contribution in [0.2, 0.25) is 0 Å². The highest BCUT2D eigenvalue weighted by Gasteiger charge is 2.08. The molecule has 0 bridgehead atoms. The summed E-state index contributed by atoms with van der Waals surface area (Å²) >= 11 is 3.36. The maximum atomic E-state index is 4.26. The summed E-state index contributed by atoms with van der Waals surface area (Å²) in [4.78, 5) is 10.4. The van der Waals surface area contributed by atoms with Crippen molar-refractivity contribution in [2.75, 3.05) is 11.9 Å². The Balaban J connectivity index is 2.40. The fourth-order valence-corrected chi connectivity index (χ4v) is 2.11. The number of nitrogens with zero attached hydrogens (tertiary/aromatic N) is 3. The van der Waals surface area contributed by atoms with Crippen molar-refractivity contribution < 1.29 is 0 Å². The first-order valence-corrected chi connectivity index (χ1v) is 6.16. The molecule has 0 radical (unpaired) electrons. The van der Waals surface area contributed by atoms with Gasteiger partial charge in [0.15, 0.2) is 0 Å². The standard InChI is InChI=1S/C13H14BrN3/c1-9-4-5-11(10(2)6-9)17(3)13-7-12(14)15-8-16-13/h4-8H,1-3H3. The lowest BCUT2D eigenvalue weighted by atomic mass is 10.1. The molecular weight excluding hydrogens is 278 g/mol. The number of hydrogen-bond acceptors (Lipinski definition) is 3. The summed E-state index contributed by atoms with van der Waals surface area (Å²) in [6.45, 7) is 4.20. The van der Waals surface area contributed by atoms with Gasteiger partial charge in [-0.1, -0.05) is 17.7 Å². The van der Waals surface area contributed by atoms with Gasteiger partial charge in [-0.15, -0.1) is 0 Å². The van der Waals surface area contributed by atoms with Gasteiger partial charge in [-0.3, -0.25) is 0 Å². The van der Waals surface area contributed by atoms with E-state index in [0.717, 1.165) is 16.1 Å². The minimum absolute atomic E-state index is 0.791. The van der Waals surface area contributed by atoms with Crippen LogP contribution in [0.1, 0.15) is 11.1 Å². The summed E-state index contributed by atoms with van der Waals surface area (Å²) in [5.41, 5.74) is 3.66. The van der Waals surface area contributed by atoms with E-state index in [9.17, 15) is 0 Å². The zero-order valence-corrected chi connectivity index (χ0v) is 11.7. The topological polar surface area (TPSA) is 29.0 Å². The number of hydrogen-bond donors (Lipinski definition) is 0. The summed E-state index contributed by atoms with van der Waals surface area (Å²) in [6.07, 6.45) is 1.56. The molecule has 0 fully saturated rings. The third-order valence-electron chi connectivity index (χ3n) is 2.68. The van der Waals surface area contributed by atoms with Crippen LogP contribution >= 0.6 is 15.9 Å². The zero-order valence-electron chi connectivity index (χ0n) is 10.1. The van der Waals surface area contributed by atoms with Crippen molar-refractivity contribution in [3.8, 4) is 0 Å². The molecule has 1 heterocycles. The molecule has 0 aliphatic rings. The summed E-state index contributed by atoms with van der Waals surface area (Å²) in [5, 5.41) is 0. The van der Waals surface area contributed by atoms with E-state index in [4.69, 9.17) is 0 Å². The predicted octanol–water partition coefficient (Wildman–Crippen LogP) is 3.62. The second-order valence-corrected chi connectivity index (χ2v) is 4.86. The van der Waals surface area contributed by atoms with Crippen LogP contribution in [0.25, 0.3) is 0 Å². The van der Waals surface area contributed by atoms with E-state index in [1.807, 2.05) is 13.1 Å². The Labute approximate surface area is 110 Å². The van der Waals surface area contributed by atoms with Crippen molar-refractivity contribution in [1.82, 2.24) is 9.97 Å². The first kappa shape index (κ1) is 12.0. The van der Waals surface area contributed by atoms with E-state index < -0.39 is 0 Å². The van der Waals surface area contributed by atoms with Gasteiger partial charge in [-0.05, 0) is 41.4 Å². The molecule has 3 nitrogen and oxygen atoms in total. The molecule has 0 saturated carbocycles. The maximum Gasteiger partial charge on any atom is 0.137 e. The number of rotatable bonds is 2. The maximum absolute atomic E-state index is 4.26. The monoisotopic (exact) mass is 291 g/mol. The van der Waals surface area contributed by atoms with Gasteiger partial charge in [-0.25, -0.2) is 9.97 Å². The van der Waals surface area contributed by atoms with Gasteiger partial charge in [-0.2, -0.15) is 0 Å². The SMILES string of the molecule is Cc1ccc(N(C)c2cc(Br)ncn2)c(C)c1. The average Bonchev–Trinajstić information content (AvgIpc) is 2.28. The smallest absolute Gasteiger partial charge is 0.137 e. The van der Waals surface area contributed by atoms with Crippen molar-refractivity contribution >= 4 is 27.4 Å². The third-order valence-corrected chi connectivity index (χ3v) is 3.11. The lowest BCUT2D eigenvalue weighted by molar-refractivity contribution is 1.06. The van der Waals surface area contributed by atoms with Gasteiger partial charge in [0.25, 0.3) is 0 Å². The molecule has 1 aromatic carbocycles. The molecule has 0 spiro atoms. The second kappa shape index (κ2) is 4.84. The normalized spacial score (nSPS) is 10.4. The minimum atomic E-state index is 0.791. The van der Waals surface area contributed by atoms with Crippen molar-refractivity contribution in [2.24, 2.45) is 0 Å². The predicted molar refractivity (Wildman–Crippen MR) is 73.7 cm³/mol. The first-order chi connectivity index (χ1) is 8.08. The lowest BCUT2D eigenvalue weighted by Gasteiger charge is -2.20. The zero-order chi connectivity index (χ0) is 12.4. The fourth-order valence-electron chi connectivity index (χ4n) is 1.81. The number of aryl methyl sites for hydroxylation is 2. The Morgan fingerprint density at radius 1 is 1.12 bits per heavy atom. The quantitative estimate of drug-likeness (QED) is 0.792. The number of anilines is 2. The number of halogens is 1. The van der Waals surface area contributed by atoms with Crippen molar-refractivity contribution in [1.29, 1.82) is 0 Å². The highest BCUT2D eigenvalue weighted by atomic mass is 79.9. The minimum Gasteiger partial charge on any atom is -0.329 e. The van der Waals surface area contributed by atoms with Crippen LogP contribution in [0.4, 0.5) is 11.5 Å². The Kier molecular flexibility index (Phi) is 3.43. The van der Waals surface area contributed by atoms with E-state index in [2.05, 4.69) is 62.8 Å². The van der Waals surface area contributed by atoms with Gasteiger partial charge in [0, 0.05) is 18.8 Å². The Bertz CT molecular complexity index is 540. The molecule has 0 amide bonds. The van der Waals surface area contributed by atoms with Gasteiger partial charge in [0.2, 0.25) is 0 Å². The molecule has 0 unspecified atom stereocenters. The van der Waals surface area contributed by atoms with Gasteiger partial charge in [0.1, 0.15) is 16.7 Å². The molecule has 0 N–H and O–H groups in total. The van der Waals surface area contributed by atoms with Gasteiger partial charge in [0.05, 0.1) is 0 Å². The molecule has 0 aliphatic carbocycles. The average molecular weight is 292 g/mol. The van der Waals surface area contributed by atoms with Gasteiger partial charge < -0.3 is 4.90 Å². The summed E-state index contributed by atoms with van der Waals surface area (Å²) < 4.78 is 0.791. The molecule has 0 aliphatic heterocycles. The molecular formula is C13H14BrN3. The molecule has 17 heavy (non-hydrogen) atoms. The highest BCUT2D eigenvalue weighted by Crippen LogP contribution is 2.26. The molecule has 0 saturated heterocycles. The van der Waals surface area contributed by atoms with Crippen molar-refractivity contribution in [2.45, 2.75) is 13.8 Å². The molecule has 88 valence electrons. The fraction of sp³-hybridized carbons (Fsp3) is 0.231. The summed E-state index contributed by atoms with van der Waals surface area (Å²) in [5.74, 6) is 0.874. The van der Waals surface area contributed by atoms with E-state index in [1.54, 1.807) is 6.33 Å². The van der Waals surface area contributed by atoms with Crippen molar-refractivity contribution in [3.63, 3.8) is 0 Å². The van der Waals surface area contributed by atoms with E-state index in [-0.39, 0.29) is 0 Å². The molecule has 4 heteroatoms. The summed E-state index contributed by atoms with van der Waals surface area (Å²) in [7, 11) is 2.01. The van der Waals surface area contributed by atoms with Crippen molar-refractivity contribution in [3.05, 3.63) is 46.3 Å². The number of benzene rings is 1. The van der Waals surface area contributed by atoms with E-state index >= 15 is 0 Å². The van der Waals surface area contributed by atoms with E-state index in [1.165, 1.54) is 11.1 Å². The van der Waals surface area contributed by atoms with E-state index in [0.29, 0.717) is 0 Å². The highest BCUT2D eigenvalue weighted by molar-refractivity contribution is 9.10. The largest absolute Gasteiger partial charge is 0.329 e. The summed E-state index contributed by atoms with van der Waals surface area (Å²) in [6, 6.07) is 8.29. The van der Waals surface area contributed by atoms with Gasteiger partial charge >= 0.3 is 0 Å². The van der Waals surface area contributed by atoms with Crippen LogP contribution in [0.3, 0.4) is 0 Å². The van der Waals surface area contributed by atoms with Crippen LogP contribution in [-0.2, 0) is 0 Å². The number of aromatic nitrogens is 2. The van der Waals surface area contributed by atoms with Crippen LogP contribution < -0.4 is 4.90 Å². The Hall–Kier alpha value is -1.42. The third kappa shape index (κ3) is 2.64. The molecule has 0 atom stereocenters. The Morgan fingerprint density at radius 2 is 1.88 bits per heavy atom. The van der Waals surface area contributed by atoms with Crippen LogP contribution in [0.5, 0.6) is 0 Å². The molecule has 2 aromatic rings.